The van der Waals surface area contributed by atoms with Crippen molar-refractivity contribution < 1.29 is 0 Å². The van der Waals surface area contributed by atoms with Crippen LogP contribution in [0.3, 0.4) is 0 Å². The zero-order valence-electron chi connectivity index (χ0n) is 6.11. The first-order valence-electron chi connectivity index (χ1n) is 3.19. The zero-order valence-corrected chi connectivity index (χ0v) is 8.27. The van der Waals surface area contributed by atoms with Crippen LogP contribution in [0.15, 0.2) is 0 Å². The summed E-state index contributed by atoms with van der Waals surface area (Å²) in [6.07, 6.45) is 0. The molecule has 0 aromatic rings. The van der Waals surface area contributed by atoms with Crippen LogP contribution in [0.25, 0.3) is 0 Å². The minimum absolute atomic E-state index is 0.813. The second-order valence-corrected chi connectivity index (χ2v) is 4.75. The van der Waals surface area contributed by atoms with E-state index in [1.54, 1.807) is 0 Å². The van der Waals surface area contributed by atoms with Gasteiger partial charge in [0.1, 0.15) is 0 Å². The fraction of sp³-hybridized carbons (Fsp3) is 1.00. The highest BCUT2D eigenvalue weighted by Gasteiger charge is 2.15. The smallest absolute Gasteiger partial charge is 0.150 e. The maximum Gasteiger partial charge on any atom is 0.217 e. The van der Waals surface area contributed by atoms with Crippen molar-refractivity contribution in [3.8, 4) is 0 Å². The molecule has 1 atom stereocenters. The molecule has 0 heterocycles. The molecule has 0 rings (SSSR count). The van der Waals surface area contributed by atoms with Crippen molar-refractivity contribution in [1.82, 2.24) is 0 Å². The second-order valence-electron chi connectivity index (χ2n) is 2.78. The minimum Gasteiger partial charge on any atom is -0.150 e. The summed E-state index contributed by atoms with van der Waals surface area (Å²) in [6.45, 7) is 9.13. The van der Waals surface area contributed by atoms with Crippen LogP contribution in [0.4, 0.5) is 0 Å². The molecule has 0 aliphatic carbocycles. The van der Waals surface area contributed by atoms with Crippen molar-refractivity contribution >= 4 is 26.9 Å². The third-order valence-electron chi connectivity index (χ3n) is 1.78. The van der Waals surface area contributed by atoms with E-state index in [-0.39, 0.29) is 0 Å². The first-order chi connectivity index (χ1) is 3.55. The molecule has 0 aliphatic rings. The summed E-state index contributed by atoms with van der Waals surface area (Å²) in [5.41, 5.74) is 0. The van der Waals surface area contributed by atoms with Crippen molar-refractivity contribution in [2.75, 3.05) is 0 Å². The second kappa shape index (κ2) is 3.75. The van der Waals surface area contributed by atoms with Gasteiger partial charge in [-0.25, -0.2) is 0 Å². The molecule has 0 radical (unpaired) electrons. The Morgan fingerprint density at radius 2 is 1.62 bits per heavy atom. The standard InChI is InChI=1S/C6H14BI/c1-5(2)6(3)7(4)8/h5-6H,1-4H3. The van der Waals surface area contributed by atoms with Crippen molar-refractivity contribution in [1.29, 1.82) is 0 Å². The lowest BCUT2D eigenvalue weighted by Crippen LogP contribution is -2.10. The monoisotopic (exact) mass is 224 g/mol. The Bertz CT molecular complexity index is 53.5. The lowest BCUT2D eigenvalue weighted by molar-refractivity contribution is 0.619. The lowest BCUT2D eigenvalue weighted by Gasteiger charge is -2.14. The van der Waals surface area contributed by atoms with Crippen LogP contribution in [0.2, 0.25) is 12.6 Å². The summed E-state index contributed by atoms with van der Waals surface area (Å²) >= 11 is 2.48. The van der Waals surface area contributed by atoms with E-state index in [4.69, 9.17) is 0 Å². The normalized spacial score (nSPS) is 14.2. The molecule has 48 valence electrons. The van der Waals surface area contributed by atoms with Gasteiger partial charge in [-0.2, -0.15) is 0 Å². The molecule has 8 heavy (non-hydrogen) atoms. The minimum atomic E-state index is 0.813. The number of halogens is 1. The highest BCUT2D eigenvalue weighted by Crippen LogP contribution is 2.23. The highest BCUT2D eigenvalue weighted by atomic mass is 127. The van der Waals surface area contributed by atoms with Gasteiger partial charge in [0.05, 0.1) is 0 Å². The quantitative estimate of drug-likeness (QED) is 0.499. The van der Waals surface area contributed by atoms with Crippen LogP contribution in [-0.4, -0.2) is 4.57 Å². The average molecular weight is 224 g/mol. The van der Waals surface area contributed by atoms with E-state index in [0.29, 0.717) is 0 Å². The van der Waals surface area contributed by atoms with Crippen LogP contribution in [-0.2, 0) is 0 Å². The third-order valence-corrected chi connectivity index (χ3v) is 2.91. The summed E-state index contributed by atoms with van der Waals surface area (Å²) < 4.78 is 0.813. The van der Waals surface area contributed by atoms with E-state index in [2.05, 4.69) is 50.0 Å². The molecule has 0 amide bonds. The molecule has 0 bridgehead atoms. The van der Waals surface area contributed by atoms with Gasteiger partial charge < -0.3 is 0 Å². The van der Waals surface area contributed by atoms with Crippen LogP contribution in [0.1, 0.15) is 20.8 Å². The van der Waals surface area contributed by atoms with Gasteiger partial charge in [0.15, 0.2) is 0 Å². The van der Waals surface area contributed by atoms with Gasteiger partial charge in [-0.05, 0) is 0 Å². The molecule has 0 saturated heterocycles. The van der Waals surface area contributed by atoms with Gasteiger partial charge in [-0.3, -0.25) is 0 Å². The van der Waals surface area contributed by atoms with Crippen molar-refractivity contribution in [2.24, 2.45) is 5.92 Å². The van der Waals surface area contributed by atoms with E-state index < -0.39 is 0 Å². The average Bonchev–Trinajstić information content (AvgIpc) is 1.64. The zero-order chi connectivity index (χ0) is 6.73. The predicted octanol–water partition coefficient (Wildman–Crippen LogP) is 3.09. The SMILES string of the molecule is CB(I)C(C)C(C)C. The number of hydrogen-bond donors (Lipinski definition) is 0. The molecular formula is C6H14BI. The van der Waals surface area contributed by atoms with Gasteiger partial charge >= 0.3 is 0 Å². The highest BCUT2D eigenvalue weighted by molar-refractivity contribution is 14.1. The van der Waals surface area contributed by atoms with Gasteiger partial charge in [0, 0.05) is 0 Å². The Morgan fingerprint density at radius 1 is 1.25 bits per heavy atom. The topological polar surface area (TPSA) is 0 Å². The summed E-state index contributed by atoms with van der Waals surface area (Å²) in [6, 6.07) is 0. The van der Waals surface area contributed by atoms with E-state index in [9.17, 15) is 0 Å². The van der Waals surface area contributed by atoms with Crippen molar-refractivity contribution in [3.63, 3.8) is 0 Å². The van der Waals surface area contributed by atoms with Crippen molar-refractivity contribution in [2.45, 2.75) is 33.4 Å². The Kier molecular flexibility index (Phi) is 4.12. The van der Waals surface area contributed by atoms with E-state index >= 15 is 0 Å². The molecule has 0 aliphatic heterocycles. The molecule has 0 spiro atoms. The Labute approximate surface area is 66.4 Å². The third kappa shape index (κ3) is 2.95. The van der Waals surface area contributed by atoms with Gasteiger partial charge in [0.2, 0.25) is 4.57 Å². The lowest BCUT2D eigenvalue weighted by atomic mass is 9.63. The number of rotatable bonds is 2. The molecule has 0 N–H and O–H groups in total. The molecule has 1 unspecified atom stereocenters. The maximum absolute atomic E-state index is 2.48. The molecule has 0 aromatic heterocycles. The predicted molar refractivity (Wildman–Crippen MR) is 49.9 cm³/mol. The van der Waals surface area contributed by atoms with Crippen LogP contribution in [0, 0.1) is 5.92 Å². The molecule has 0 nitrogen and oxygen atoms in total. The first-order valence-corrected chi connectivity index (χ1v) is 4.44. The first kappa shape index (κ1) is 8.79. The van der Waals surface area contributed by atoms with E-state index in [1.165, 1.54) is 0 Å². The largest absolute Gasteiger partial charge is 0.217 e. The summed E-state index contributed by atoms with van der Waals surface area (Å²) in [7, 11) is 0. The fourth-order valence-corrected chi connectivity index (χ4v) is 1.36. The Balaban J connectivity index is 3.46. The Hall–Kier alpha value is 0.795. The number of hydrogen-bond acceptors (Lipinski definition) is 0. The van der Waals surface area contributed by atoms with Crippen LogP contribution in [0.5, 0.6) is 0 Å². The Morgan fingerprint density at radius 3 is 1.62 bits per heavy atom. The van der Waals surface area contributed by atoms with Crippen molar-refractivity contribution in [3.05, 3.63) is 0 Å². The molecule has 0 aromatic carbocycles. The maximum atomic E-state index is 2.48. The fourth-order valence-electron chi connectivity index (χ4n) is 0.530. The molecular weight excluding hydrogens is 210 g/mol. The summed E-state index contributed by atoms with van der Waals surface area (Å²) in [5, 5.41) is 0. The van der Waals surface area contributed by atoms with Gasteiger partial charge in [-0.1, -0.05) is 39.3 Å². The van der Waals surface area contributed by atoms with Crippen LogP contribution >= 0.6 is 22.4 Å². The summed E-state index contributed by atoms with van der Waals surface area (Å²) in [4.78, 5) is 0. The van der Waals surface area contributed by atoms with E-state index in [1.807, 2.05) is 0 Å². The van der Waals surface area contributed by atoms with Crippen LogP contribution < -0.4 is 0 Å². The molecule has 0 fully saturated rings. The molecule has 0 saturated carbocycles. The molecule has 2 heteroatoms. The van der Waals surface area contributed by atoms with Gasteiger partial charge in [-0.15, -0.1) is 22.4 Å². The van der Waals surface area contributed by atoms with E-state index in [0.717, 1.165) is 16.3 Å². The van der Waals surface area contributed by atoms with Gasteiger partial charge in [0.25, 0.3) is 0 Å². The summed E-state index contributed by atoms with van der Waals surface area (Å²) in [5.74, 6) is 1.69.